The Hall–Kier alpha value is -3.28. The molecule has 2 heterocycles. The SMILES string of the molecule is CCC[C@@H](CC(N)=O)n1c(=O)n(Cc2cn(C)c3cccc(C)c23)c2ccccc21. The van der Waals surface area contributed by atoms with Gasteiger partial charge in [-0.25, -0.2) is 4.79 Å². The van der Waals surface area contributed by atoms with Crippen molar-refractivity contribution in [3.05, 3.63) is 70.3 Å². The average molecular weight is 405 g/mol. The minimum Gasteiger partial charge on any atom is -0.370 e. The Labute approximate surface area is 175 Å². The molecule has 0 aliphatic carbocycles. The molecule has 30 heavy (non-hydrogen) atoms. The van der Waals surface area contributed by atoms with Crippen molar-refractivity contribution in [2.24, 2.45) is 12.8 Å². The van der Waals surface area contributed by atoms with Crippen molar-refractivity contribution < 1.29 is 4.79 Å². The number of para-hydroxylation sites is 2. The first-order valence-corrected chi connectivity index (χ1v) is 10.4. The molecular formula is C24H28N4O2. The van der Waals surface area contributed by atoms with Gasteiger partial charge in [0.05, 0.1) is 17.6 Å². The van der Waals surface area contributed by atoms with E-state index < -0.39 is 0 Å². The highest BCUT2D eigenvalue weighted by molar-refractivity contribution is 5.87. The van der Waals surface area contributed by atoms with Crippen molar-refractivity contribution >= 4 is 27.8 Å². The average Bonchev–Trinajstić information content (AvgIpc) is 3.17. The molecule has 0 saturated carbocycles. The van der Waals surface area contributed by atoms with Crippen LogP contribution < -0.4 is 11.4 Å². The van der Waals surface area contributed by atoms with E-state index in [1.54, 1.807) is 4.57 Å². The Kier molecular flexibility index (Phi) is 5.24. The van der Waals surface area contributed by atoms with Gasteiger partial charge >= 0.3 is 5.69 Å². The van der Waals surface area contributed by atoms with Gasteiger partial charge in [-0.1, -0.05) is 37.6 Å². The van der Waals surface area contributed by atoms with Gasteiger partial charge in [-0.15, -0.1) is 0 Å². The molecule has 2 aromatic carbocycles. The highest BCUT2D eigenvalue weighted by atomic mass is 16.2. The van der Waals surface area contributed by atoms with Crippen LogP contribution in [0.15, 0.2) is 53.5 Å². The van der Waals surface area contributed by atoms with Gasteiger partial charge in [-0.3, -0.25) is 13.9 Å². The standard InChI is InChI=1S/C24H28N4O2/c1-4-8-18(13-22(25)29)28-20-11-6-5-10-19(20)27(24(28)30)15-17-14-26(3)21-12-7-9-16(2)23(17)21/h5-7,9-12,14,18H,4,8,13,15H2,1-3H3,(H2,25,29)/t18-/m0/s1. The zero-order valence-electron chi connectivity index (χ0n) is 17.8. The quantitative estimate of drug-likeness (QED) is 0.508. The minimum absolute atomic E-state index is 0.0958. The number of aromatic nitrogens is 3. The third-order valence-corrected chi connectivity index (χ3v) is 5.92. The first-order chi connectivity index (χ1) is 14.4. The van der Waals surface area contributed by atoms with Crippen LogP contribution in [0.25, 0.3) is 21.9 Å². The van der Waals surface area contributed by atoms with Gasteiger partial charge in [0.15, 0.2) is 0 Å². The van der Waals surface area contributed by atoms with Crippen molar-refractivity contribution in [2.75, 3.05) is 0 Å². The lowest BCUT2D eigenvalue weighted by molar-refractivity contribution is -0.118. The molecule has 1 atom stereocenters. The van der Waals surface area contributed by atoms with E-state index in [1.807, 2.05) is 35.9 Å². The summed E-state index contributed by atoms with van der Waals surface area (Å²) in [5, 5.41) is 1.19. The zero-order valence-corrected chi connectivity index (χ0v) is 17.8. The fraction of sp³-hybridized carbons (Fsp3) is 0.333. The predicted octanol–water partition coefficient (Wildman–Crippen LogP) is 3.87. The van der Waals surface area contributed by atoms with Crippen molar-refractivity contribution in [3.8, 4) is 0 Å². The molecule has 6 nitrogen and oxygen atoms in total. The van der Waals surface area contributed by atoms with Crippen LogP contribution in [0.1, 0.15) is 43.4 Å². The molecule has 2 N–H and O–H groups in total. The number of hydrogen-bond donors (Lipinski definition) is 1. The Morgan fingerprint density at radius 3 is 2.47 bits per heavy atom. The molecule has 0 fully saturated rings. The number of primary amides is 1. The van der Waals surface area contributed by atoms with Crippen LogP contribution in [-0.2, 0) is 18.4 Å². The zero-order chi connectivity index (χ0) is 21.4. The van der Waals surface area contributed by atoms with Gasteiger partial charge in [0.1, 0.15) is 0 Å². The number of nitrogens with zero attached hydrogens (tertiary/aromatic N) is 3. The number of fused-ring (bicyclic) bond motifs is 2. The maximum Gasteiger partial charge on any atom is 0.329 e. The van der Waals surface area contributed by atoms with Crippen molar-refractivity contribution in [1.82, 2.24) is 13.7 Å². The van der Waals surface area contributed by atoms with E-state index in [2.05, 4.69) is 42.8 Å². The maximum absolute atomic E-state index is 13.6. The number of rotatable bonds is 7. The molecule has 0 spiro atoms. The van der Waals surface area contributed by atoms with Gasteiger partial charge in [0.25, 0.3) is 0 Å². The lowest BCUT2D eigenvalue weighted by Crippen LogP contribution is -2.30. The molecule has 0 aliphatic heterocycles. The highest BCUT2D eigenvalue weighted by Gasteiger charge is 2.22. The summed E-state index contributed by atoms with van der Waals surface area (Å²) in [6, 6.07) is 13.8. The third kappa shape index (κ3) is 3.32. The van der Waals surface area contributed by atoms with Crippen LogP contribution in [0.2, 0.25) is 0 Å². The molecule has 0 aliphatic rings. The van der Waals surface area contributed by atoms with Crippen LogP contribution in [-0.4, -0.2) is 19.6 Å². The van der Waals surface area contributed by atoms with Crippen molar-refractivity contribution in [3.63, 3.8) is 0 Å². The fourth-order valence-corrected chi connectivity index (χ4v) is 4.65. The summed E-state index contributed by atoms with van der Waals surface area (Å²) >= 11 is 0. The van der Waals surface area contributed by atoms with E-state index in [9.17, 15) is 9.59 Å². The Morgan fingerprint density at radius 2 is 1.77 bits per heavy atom. The number of benzene rings is 2. The van der Waals surface area contributed by atoms with E-state index in [0.717, 1.165) is 35.0 Å². The van der Waals surface area contributed by atoms with Crippen LogP contribution in [0.3, 0.4) is 0 Å². The predicted molar refractivity (Wildman–Crippen MR) is 121 cm³/mol. The molecule has 156 valence electrons. The number of carbonyl (C=O) groups is 1. The van der Waals surface area contributed by atoms with Crippen LogP contribution in [0.4, 0.5) is 0 Å². The molecule has 1 amide bonds. The first kappa shape index (κ1) is 20.0. The fourth-order valence-electron chi connectivity index (χ4n) is 4.65. The number of amides is 1. The minimum atomic E-state index is -0.387. The summed E-state index contributed by atoms with van der Waals surface area (Å²) in [5.41, 5.74) is 10.6. The second kappa shape index (κ2) is 7.86. The van der Waals surface area contributed by atoms with Crippen molar-refractivity contribution in [1.29, 1.82) is 0 Å². The molecule has 0 unspecified atom stereocenters. The van der Waals surface area contributed by atoms with E-state index >= 15 is 0 Å². The first-order valence-electron chi connectivity index (χ1n) is 10.4. The van der Waals surface area contributed by atoms with E-state index in [-0.39, 0.29) is 24.1 Å². The largest absolute Gasteiger partial charge is 0.370 e. The van der Waals surface area contributed by atoms with E-state index in [4.69, 9.17) is 5.73 Å². The summed E-state index contributed by atoms with van der Waals surface area (Å²) in [6.07, 6.45) is 3.86. The topological polar surface area (TPSA) is 75.0 Å². The summed E-state index contributed by atoms with van der Waals surface area (Å²) in [5.74, 6) is -0.387. The molecule has 0 radical (unpaired) electrons. The lowest BCUT2D eigenvalue weighted by Gasteiger charge is -2.16. The van der Waals surface area contributed by atoms with Gasteiger partial charge < -0.3 is 10.3 Å². The third-order valence-electron chi connectivity index (χ3n) is 5.92. The van der Waals surface area contributed by atoms with Crippen LogP contribution >= 0.6 is 0 Å². The maximum atomic E-state index is 13.6. The summed E-state index contributed by atoms with van der Waals surface area (Å²) in [6.45, 7) is 4.63. The Balaban J connectivity index is 1.90. The molecule has 0 saturated heterocycles. The number of hydrogen-bond acceptors (Lipinski definition) is 2. The summed E-state index contributed by atoms with van der Waals surface area (Å²) in [4.78, 5) is 25.3. The van der Waals surface area contributed by atoms with Gasteiger partial charge in [-0.2, -0.15) is 0 Å². The number of aryl methyl sites for hydroxylation is 2. The lowest BCUT2D eigenvalue weighted by atomic mass is 10.1. The molecule has 0 bridgehead atoms. The second-order valence-corrected chi connectivity index (χ2v) is 8.07. The van der Waals surface area contributed by atoms with Crippen molar-refractivity contribution in [2.45, 2.75) is 45.7 Å². The highest BCUT2D eigenvalue weighted by Crippen LogP contribution is 2.27. The number of nitrogens with two attached hydrogens (primary N) is 1. The molecule has 4 aromatic rings. The van der Waals surface area contributed by atoms with Crippen LogP contribution in [0, 0.1) is 6.92 Å². The monoisotopic (exact) mass is 404 g/mol. The Morgan fingerprint density at radius 1 is 1.07 bits per heavy atom. The molecule has 2 aromatic heterocycles. The van der Waals surface area contributed by atoms with Gasteiger partial charge in [-0.05, 0) is 42.7 Å². The normalized spacial score (nSPS) is 12.6. The summed E-state index contributed by atoms with van der Waals surface area (Å²) < 4.78 is 5.69. The second-order valence-electron chi connectivity index (χ2n) is 8.07. The molecule has 4 rings (SSSR count). The van der Waals surface area contributed by atoms with Gasteiger partial charge in [0.2, 0.25) is 5.91 Å². The number of carbonyl (C=O) groups excluding carboxylic acids is 1. The number of imidazole rings is 1. The van der Waals surface area contributed by atoms with E-state index in [0.29, 0.717) is 6.54 Å². The Bertz CT molecular complexity index is 1290. The van der Waals surface area contributed by atoms with Crippen LogP contribution in [0.5, 0.6) is 0 Å². The molecule has 6 heteroatoms. The molecular weight excluding hydrogens is 376 g/mol. The van der Waals surface area contributed by atoms with E-state index in [1.165, 1.54) is 10.9 Å². The smallest absolute Gasteiger partial charge is 0.329 e. The van der Waals surface area contributed by atoms with Gasteiger partial charge in [0, 0.05) is 36.6 Å². The summed E-state index contributed by atoms with van der Waals surface area (Å²) in [7, 11) is 2.03.